The molecule has 136 valence electrons. The van der Waals surface area contributed by atoms with Gasteiger partial charge in [-0.1, -0.05) is 44.2 Å². The Kier molecular flexibility index (Phi) is 9.05. The minimum Gasteiger partial charge on any atom is -0.356 e. The molecule has 4 nitrogen and oxygen atoms in total. The summed E-state index contributed by atoms with van der Waals surface area (Å²) in [6.45, 7) is 9.95. The molecule has 1 N–H and O–H groups in total. The second kappa shape index (κ2) is 10.2. The quantitative estimate of drug-likeness (QED) is 0.316. The average molecular weight is 444 g/mol. The second-order valence-corrected chi connectivity index (χ2v) is 7.39. The number of halogens is 1. The number of nitrogens with zero attached hydrogens (tertiary/aromatic N) is 3. The van der Waals surface area contributed by atoms with Gasteiger partial charge in [-0.05, 0) is 37.4 Å². The minimum atomic E-state index is 0. The molecule has 1 saturated heterocycles. The molecule has 0 radical (unpaired) electrons. The van der Waals surface area contributed by atoms with E-state index in [0.29, 0.717) is 5.41 Å². The van der Waals surface area contributed by atoms with Crippen LogP contribution >= 0.6 is 24.0 Å². The predicted molar refractivity (Wildman–Crippen MR) is 114 cm³/mol. The fourth-order valence-corrected chi connectivity index (χ4v) is 3.15. The SMILES string of the molecule is CN=C(NCCCN(C)Cc1ccccc1)N1CCC(C)(C)C1.I. The summed E-state index contributed by atoms with van der Waals surface area (Å²) >= 11 is 0. The summed E-state index contributed by atoms with van der Waals surface area (Å²) in [5.74, 6) is 1.06. The third-order valence-corrected chi connectivity index (χ3v) is 4.48. The molecule has 0 saturated carbocycles. The van der Waals surface area contributed by atoms with Gasteiger partial charge >= 0.3 is 0 Å². The predicted octanol–water partition coefficient (Wildman–Crippen LogP) is 3.43. The van der Waals surface area contributed by atoms with Gasteiger partial charge in [0.1, 0.15) is 0 Å². The average Bonchev–Trinajstić information content (AvgIpc) is 2.88. The number of hydrogen-bond acceptors (Lipinski definition) is 2. The zero-order valence-corrected chi connectivity index (χ0v) is 17.9. The normalized spacial score (nSPS) is 17.0. The smallest absolute Gasteiger partial charge is 0.193 e. The highest BCUT2D eigenvalue weighted by atomic mass is 127. The van der Waals surface area contributed by atoms with Gasteiger partial charge in [0.25, 0.3) is 0 Å². The largest absolute Gasteiger partial charge is 0.356 e. The van der Waals surface area contributed by atoms with E-state index in [1.165, 1.54) is 12.0 Å². The first-order chi connectivity index (χ1) is 11.0. The maximum Gasteiger partial charge on any atom is 0.193 e. The van der Waals surface area contributed by atoms with Crippen LogP contribution in [0.15, 0.2) is 35.3 Å². The summed E-state index contributed by atoms with van der Waals surface area (Å²) < 4.78 is 0. The van der Waals surface area contributed by atoms with Crippen molar-refractivity contribution in [1.29, 1.82) is 0 Å². The highest BCUT2D eigenvalue weighted by Crippen LogP contribution is 2.28. The molecular weight excluding hydrogens is 411 g/mol. The number of aliphatic imine (C=N–C) groups is 1. The van der Waals surface area contributed by atoms with Gasteiger partial charge in [0, 0.05) is 33.2 Å². The lowest BCUT2D eigenvalue weighted by Gasteiger charge is -2.24. The van der Waals surface area contributed by atoms with Gasteiger partial charge in [-0.15, -0.1) is 24.0 Å². The molecule has 1 aromatic rings. The molecule has 0 atom stereocenters. The first-order valence-corrected chi connectivity index (χ1v) is 8.68. The second-order valence-electron chi connectivity index (χ2n) is 7.39. The fraction of sp³-hybridized carbons (Fsp3) is 0.632. The Balaban J connectivity index is 0.00000288. The molecule has 0 aliphatic carbocycles. The molecule has 1 aromatic carbocycles. The lowest BCUT2D eigenvalue weighted by molar-refractivity contribution is 0.321. The molecule has 1 aliphatic heterocycles. The Bertz CT molecular complexity index is 501. The van der Waals surface area contributed by atoms with E-state index in [-0.39, 0.29) is 24.0 Å². The molecule has 1 heterocycles. The molecule has 0 bridgehead atoms. The Hall–Kier alpha value is -0.820. The number of nitrogens with one attached hydrogen (secondary N) is 1. The Labute approximate surface area is 164 Å². The minimum absolute atomic E-state index is 0. The highest BCUT2D eigenvalue weighted by molar-refractivity contribution is 14.0. The van der Waals surface area contributed by atoms with E-state index >= 15 is 0 Å². The summed E-state index contributed by atoms with van der Waals surface area (Å²) in [5.41, 5.74) is 1.78. The van der Waals surface area contributed by atoms with Crippen LogP contribution in [0, 0.1) is 5.41 Å². The molecule has 0 spiro atoms. The summed E-state index contributed by atoms with van der Waals surface area (Å²) in [6.07, 6.45) is 2.37. The van der Waals surface area contributed by atoms with Crippen LogP contribution in [-0.2, 0) is 6.54 Å². The van der Waals surface area contributed by atoms with Crippen molar-refractivity contribution in [2.24, 2.45) is 10.4 Å². The third-order valence-electron chi connectivity index (χ3n) is 4.48. The van der Waals surface area contributed by atoms with Crippen molar-refractivity contribution in [3.8, 4) is 0 Å². The Morgan fingerprint density at radius 3 is 2.58 bits per heavy atom. The Morgan fingerprint density at radius 1 is 1.29 bits per heavy atom. The van der Waals surface area contributed by atoms with E-state index in [4.69, 9.17) is 0 Å². The summed E-state index contributed by atoms with van der Waals surface area (Å²) in [6, 6.07) is 10.6. The molecule has 0 unspecified atom stereocenters. The fourth-order valence-electron chi connectivity index (χ4n) is 3.15. The van der Waals surface area contributed by atoms with Crippen LogP contribution in [0.25, 0.3) is 0 Å². The van der Waals surface area contributed by atoms with Gasteiger partial charge in [-0.3, -0.25) is 4.99 Å². The van der Waals surface area contributed by atoms with E-state index in [0.717, 1.165) is 45.1 Å². The van der Waals surface area contributed by atoms with E-state index in [9.17, 15) is 0 Å². The van der Waals surface area contributed by atoms with Gasteiger partial charge in [0.2, 0.25) is 0 Å². The van der Waals surface area contributed by atoms with Crippen molar-refractivity contribution >= 4 is 29.9 Å². The molecule has 5 heteroatoms. The van der Waals surface area contributed by atoms with Gasteiger partial charge in [0.15, 0.2) is 5.96 Å². The molecule has 1 fully saturated rings. The van der Waals surface area contributed by atoms with Gasteiger partial charge in [-0.25, -0.2) is 0 Å². The van der Waals surface area contributed by atoms with Crippen LogP contribution in [0.3, 0.4) is 0 Å². The topological polar surface area (TPSA) is 30.9 Å². The molecule has 24 heavy (non-hydrogen) atoms. The van der Waals surface area contributed by atoms with E-state index in [1.807, 2.05) is 7.05 Å². The third kappa shape index (κ3) is 6.97. The van der Waals surface area contributed by atoms with Crippen molar-refractivity contribution < 1.29 is 0 Å². The standard InChI is InChI=1S/C19H32N4.HI/c1-19(2)11-14-23(16-19)18(20-3)21-12-8-13-22(4)15-17-9-6-5-7-10-17;/h5-7,9-10H,8,11-16H2,1-4H3,(H,20,21);1H. The molecule has 0 amide bonds. The zero-order valence-electron chi connectivity index (χ0n) is 15.6. The lowest BCUT2D eigenvalue weighted by atomic mass is 9.93. The maximum absolute atomic E-state index is 4.44. The number of rotatable bonds is 6. The van der Waals surface area contributed by atoms with Crippen LogP contribution in [0.2, 0.25) is 0 Å². The van der Waals surface area contributed by atoms with E-state index in [1.54, 1.807) is 0 Å². The van der Waals surface area contributed by atoms with Crippen LogP contribution in [0.1, 0.15) is 32.3 Å². The molecule has 0 aromatic heterocycles. The van der Waals surface area contributed by atoms with Gasteiger partial charge < -0.3 is 15.1 Å². The van der Waals surface area contributed by atoms with Gasteiger partial charge in [-0.2, -0.15) is 0 Å². The van der Waals surface area contributed by atoms with Crippen LogP contribution in [0.5, 0.6) is 0 Å². The summed E-state index contributed by atoms with van der Waals surface area (Å²) in [4.78, 5) is 9.19. The number of hydrogen-bond donors (Lipinski definition) is 1. The molecular formula is C19H33IN4. The van der Waals surface area contributed by atoms with Crippen molar-refractivity contribution in [3.63, 3.8) is 0 Å². The van der Waals surface area contributed by atoms with E-state index < -0.39 is 0 Å². The number of likely N-dealkylation sites (tertiary alicyclic amines) is 1. The first-order valence-electron chi connectivity index (χ1n) is 8.68. The van der Waals surface area contributed by atoms with Gasteiger partial charge in [0.05, 0.1) is 0 Å². The molecule has 1 aliphatic rings. The first kappa shape index (κ1) is 21.2. The number of benzene rings is 1. The van der Waals surface area contributed by atoms with E-state index in [2.05, 4.69) is 71.3 Å². The monoisotopic (exact) mass is 444 g/mol. The van der Waals surface area contributed by atoms with Crippen molar-refractivity contribution in [2.45, 2.75) is 33.2 Å². The zero-order chi connectivity index (χ0) is 16.7. The van der Waals surface area contributed by atoms with Crippen LogP contribution < -0.4 is 5.32 Å². The van der Waals surface area contributed by atoms with Crippen molar-refractivity contribution in [3.05, 3.63) is 35.9 Å². The highest BCUT2D eigenvalue weighted by Gasteiger charge is 2.30. The molecule has 2 rings (SSSR count). The maximum atomic E-state index is 4.44. The lowest BCUT2D eigenvalue weighted by Crippen LogP contribution is -2.41. The Morgan fingerprint density at radius 2 is 2.00 bits per heavy atom. The van der Waals surface area contributed by atoms with Crippen LogP contribution in [0.4, 0.5) is 0 Å². The number of guanidine groups is 1. The summed E-state index contributed by atoms with van der Waals surface area (Å²) in [5, 5.41) is 3.52. The van der Waals surface area contributed by atoms with Crippen molar-refractivity contribution in [1.82, 2.24) is 15.1 Å². The van der Waals surface area contributed by atoms with Crippen LogP contribution in [-0.4, -0.2) is 56.0 Å². The van der Waals surface area contributed by atoms with Crippen molar-refractivity contribution in [2.75, 3.05) is 40.3 Å². The summed E-state index contributed by atoms with van der Waals surface area (Å²) in [7, 11) is 4.07.